The lowest BCUT2D eigenvalue weighted by Crippen LogP contribution is -2.24. The number of hydrogen-bond donors (Lipinski definition) is 2. The van der Waals surface area contributed by atoms with Crippen molar-refractivity contribution in [1.29, 1.82) is 5.26 Å². The Morgan fingerprint density at radius 3 is 2.41 bits per heavy atom. The second kappa shape index (κ2) is 7.17. The molecule has 2 aromatic rings. The summed E-state index contributed by atoms with van der Waals surface area (Å²) in [6.45, 7) is 0.636. The van der Waals surface area contributed by atoms with Crippen LogP contribution in [0.25, 0.3) is 0 Å². The van der Waals surface area contributed by atoms with Crippen molar-refractivity contribution in [3.8, 4) is 29.1 Å². The van der Waals surface area contributed by atoms with E-state index in [9.17, 15) is 10.1 Å². The molecule has 0 atom stereocenters. The Kier molecular flexibility index (Phi) is 4.41. The van der Waals surface area contributed by atoms with Crippen LogP contribution in [0.15, 0.2) is 48.2 Å². The van der Waals surface area contributed by atoms with Gasteiger partial charge < -0.3 is 29.6 Å². The maximum absolute atomic E-state index is 12.2. The Morgan fingerprint density at radius 2 is 1.67 bits per heavy atom. The predicted octanol–water partition coefficient (Wildman–Crippen LogP) is 2.28. The van der Waals surface area contributed by atoms with Crippen LogP contribution in [0.1, 0.15) is 5.56 Å². The molecule has 0 fully saturated rings. The zero-order chi connectivity index (χ0) is 18.6. The van der Waals surface area contributed by atoms with E-state index >= 15 is 0 Å². The number of benzene rings is 2. The smallest absolute Gasteiger partial charge is 0.263 e. The van der Waals surface area contributed by atoms with Crippen molar-refractivity contribution in [3.63, 3.8) is 0 Å². The summed E-state index contributed by atoms with van der Waals surface area (Å²) in [5.74, 6) is 2.10. The first-order valence-electron chi connectivity index (χ1n) is 8.16. The van der Waals surface area contributed by atoms with E-state index in [0.717, 1.165) is 5.56 Å². The minimum absolute atomic E-state index is 0.0478. The van der Waals surface area contributed by atoms with Crippen LogP contribution < -0.4 is 29.6 Å². The second-order valence-corrected chi connectivity index (χ2v) is 5.75. The van der Waals surface area contributed by atoms with E-state index in [-0.39, 0.29) is 25.7 Å². The SMILES string of the molecule is N#C/C(=C/Nc1ccc2c(c1)OCO2)C(=O)NCc1ccc2c(c1)OCO2. The molecule has 0 saturated heterocycles. The number of carbonyl (C=O) groups is 1. The lowest BCUT2D eigenvalue weighted by atomic mass is 10.2. The Balaban J connectivity index is 1.37. The van der Waals surface area contributed by atoms with E-state index in [2.05, 4.69) is 10.6 Å². The Morgan fingerprint density at radius 1 is 1.00 bits per heavy atom. The van der Waals surface area contributed by atoms with Crippen molar-refractivity contribution in [2.45, 2.75) is 6.54 Å². The first-order valence-corrected chi connectivity index (χ1v) is 8.16. The second-order valence-electron chi connectivity index (χ2n) is 5.75. The lowest BCUT2D eigenvalue weighted by molar-refractivity contribution is -0.117. The van der Waals surface area contributed by atoms with Crippen LogP contribution >= 0.6 is 0 Å². The topological polar surface area (TPSA) is 102 Å². The molecule has 136 valence electrons. The molecule has 0 aromatic heterocycles. The predicted molar refractivity (Wildman–Crippen MR) is 94.3 cm³/mol. The van der Waals surface area contributed by atoms with Crippen molar-refractivity contribution in [2.75, 3.05) is 18.9 Å². The fourth-order valence-corrected chi connectivity index (χ4v) is 2.62. The summed E-state index contributed by atoms with van der Waals surface area (Å²) in [5, 5.41) is 14.9. The van der Waals surface area contributed by atoms with Crippen molar-refractivity contribution in [1.82, 2.24) is 5.32 Å². The molecule has 8 nitrogen and oxygen atoms in total. The van der Waals surface area contributed by atoms with E-state index in [4.69, 9.17) is 18.9 Å². The summed E-state index contributed by atoms with van der Waals surface area (Å²) in [5.41, 5.74) is 1.47. The van der Waals surface area contributed by atoms with Gasteiger partial charge in [0.1, 0.15) is 11.6 Å². The number of anilines is 1. The zero-order valence-electron chi connectivity index (χ0n) is 14.2. The zero-order valence-corrected chi connectivity index (χ0v) is 14.2. The van der Waals surface area contributed by atoms with Crippen molar-refractivity contribution in [2.24, 2.45) is 0 Å². The molecule has 0 bridgehead atoms. The molecule has 0 saturated carbocycles. The van der Waals surface area contributed by atoms with Gasteiger partial charge in [0.15, 0.2) is 23.0 Å². The number of nitrogens with one attached hydrogen (secondary N) is 2. The average molecular weight is 365 g/mol. The van der Waals surface area contributed by atoms with E-state index in [1.165, 1.54) is 6.20 Å². The maximum atomic E-state index is 12.2. The van der Waals surface area contributed by atoms with Crippen LogP contribution in [0.5, 0.6) is 23.0 Å². The number of fused-ring (bicyclic) bond motifs is 2. The molecule has 2 aliphatic heterocycles. The molecule has 1 amide bonds. The van der Waals surface area contributed by atoms with Gasteiger partial charge in [0.05, 0.1) is 0 Å². The number of rotatable bonds is 5. The molecule has 2 heterocycles. The summed E-state index contributed by atoms with van der Waals surface area (Å²) in [7, 11) is 0. The molecule has 27 heavy (non-hydrogen) atoms. The molecule has 4 rings (SSSR count). The molecule has 8 heteroatoms. The third-order valence-electron chi connectivity index (χ3n) is 4.01. The highest BCUT2D eigenvalue weighted by Crippen LogP contribution is 2.34. The van der Waals surface area contributed by atoms with Gasteiger partial charge in [-0.1, -0.05) is 6.07 Å². The number of carbonyl (C=O) groups excluding carboxylic acids is 1. The van der Waals surface area contributed by atoms with Crippen LogP contribution in [0.4, 0.5) is 5.69 Å². The number of ether oxygens (including phenoxy) is 4. The quantitative estimate of drug-likeness (QED) is 0.619. The molecule has 0 spiro atoms. The van der Waals surface area contributed by atoms with Crippen molar-refractivity contribution < 1.29 is 23.7 Å². The molecule has 2 aromatic carbocycles. The van der Waals surface area contributed by atoms with Crippen molar-refractivity contribution >= 4 is 11.6 Å². The molecule has 2 N–H and O–H groups in total. The number of nitrogens with zero attached hydrogens (tertiary/aromatic N) is 1. The molecule has 2 aliphatic rings. The molecule has 0 aliphatic carbocycles. The first kappa shape index (κ1) is 16.6. The highest BCUT2D eigenvalue weighted by atomic mass is 16.7. The van der Waals surface area contributed by atoms with Gasteiger partial charge in [-0.05, 0) is 29.8 Å². The summed E-state index contributed by atoms with van der Waals surface area (Å²) in [4.78, 5) is 12.2. The highest BCUT2D eigenvalue weighted by molar-refractivity contribution is 5.97. The van der Waals surface area contributed by atoms with Gasteiger partial charge in [0.25, 0.3) is 5.91 Å². The van der Waals surface area contributed by atoms with Crippen LogP contribution in [0.3, 0.4) is 0 Å². The first-order chi connectivity index (χ1) is 13.2. The minimum Gasteiger partial charge on any atom is -0.454 e. The van der Waals surface area contributed by atoms with E-state index in [1.54, 1.807) is 30.3 Å². The molecule has 0 radical (unpaired) electrons. The largest absolute Gasteiger partial charge is 0.454 e. The lowest BCUT2D eigenvalue weighted by Gasteiger charge is -2.07. The Labute approximate surface area is 154 Å². The average Bonchev–Trinajstić information content (AvgIpc) is 3.34. The molecular formula is C19H15N3O5. The van der Waals surface area contributed by atoms with Gasteiger partial charge in [0.2, 0.25) is 13.6 Å². The third kappa shape index (κ3) is 3.57. The van der Waals surface area contributed by atoms with Gasteiger partial charge in [-0.3, -0.25) is 4.79 Å². The van der Waals surface area contributed by atoms with Gasteiger partial charge in [0, 0.05) is 24.5 Å². The van der Waals surface area contributed by atoms with E-state index in [1.807, 2.05) is 12.1 Å². The van der Waals surface area contributed by atoms with Crippen LogP contribution in [0.2, 0.25) is 0 Å². The monoisotopic (exact) mass is 365 g/mol. The summed E-state index contributed by atoms with van der Waals surface area (Å²) in [6, 6.07) is 12.6. The van der Waals surface area contributed by atoms with Gasteiger partial charge >= 0.3 is 0 Å². The van der Waals surface area contributed by atoms with Crippen LogP contribution in [0, 0.1) is 11.3 Å². The number of amides is 1. The minimum atomic E-state index is -0.483. The standard InChI is InChI=1S/C19H15N3O5/c20-7-13(9-21-14-2-4-16-18(6-14)27-11-25-16)19(23)22-8-12-1-3-15-17(5-12)26-10-24-15/h1-6,9,21H,8,10-11H2,(H,22,23)/b13-9-. The number of nitriles is 1. The summed E-state index contributed by atoms with van der Waals surface area (Å²) < 4.78 is 21.1. The number of hydrogen-bond acceptors (Lipinski definition) is 7. The van der Waals surface area contributed by atoms with Gasteiger partial charge in [-0.15, -0.1) is 0 Å². The van der Waals surface area contributed by atoms with E-state index in [0.29, 0.717) is 28.7 Å². The third-order valence-corrected chi connectivity index (χ3v) is 4.01. The summed E-state index contributed by atoms with van der Waals surface area (Å²) >= 11 is 0. The van der Waals surface area contributed by atoms with E-state index < -0.39 is 5.91 Å². The summed E-state index contributed by atoms with van der Waals surface area (Å²) in [6.07, 6.45) is 1.35. The molecular weight excluding hydrogens is 350 g/mol. The molecule has 0 unspecified atom stereocenters. The fraction of sp³-hybridized carbons (Fsp3) is 0.158. The van der Waals surface area contributed by atoms with Crippen molar-refractivity contribution in [3.05, 3.63) is 53.7 Å². The van der Waals surface area contributed by atoms with Gasteiger partial charge in [-0.2, -0.15) is 5.26 Å². The normalized spacial score (nSPS) is 13.8. The highest BCUT2D eigenvalue weighted by Gasteiger charge is 2.15. The fourth-order valence-electron chi connectivity index (χ4n) is 2.62. The van der Waals surface area contributed by atoms with Crippen LogP contribution in [-0.2, 0) is 11.3 Å². The Hall–Kier alpha value is -3.86. The maximum Gasteiger partial charge on any atom is 0.263 e. The Bertz CT molecular complexity index is 964. The van der Waals surface area contributed by atoms with Gasteiger partial charge in [-0.25, -0.2) is 0 Å². The van der Waals surface area contributed by atoms with Crippen LogP contribution in [-0.4, -0.2) is 19.5 Å².